The molecule has 136 valence electrons. The topological polar surface area (TPSA) is 58.2 Å². The molecule has 0 heterocycles. The maximum absolute atomic E-state index is 13.9. The third-order valence-electron chi connectivity index (χ3n) is 3.24. The Bertz CT molecular complexity index is 865. The highest BCUT2D eigenvalue weighted by molar-refractivity contribution is 7.90. The number of anilines is 2. The van der Waals surface area contributed by atoms with Crippen LogP contribution in [0.15, 0.2) is 36.4 Å². The molecule has 0 atom stereocenters. The molecule has 0 aliphatic rings. The maximum atomic E-state index is 13.9. The van der Waals surface area contributed by atoms with Crippen molar-refractivity contribution in [2.24, 2.45) is 0 Å². The molecule has 0 aliphatic heterocycles. The number of para-hydroxylation sites is 1. The summed E-state index contributed by atoms with van der Waals surface area (Å²) < 4.78 is 75.0. The molecule has 2 N–H and O–H groups in total. The number of halogens is 5. The van der Waals surface area contributed by atoms with Crippen LogP contribution in [0.5, 0.6) is 0 Å². The first-order valence-corrected chi connectivity index (χ1v) is 8.74. The van der Waals surface area contributed by atoms with Crippen molar-refractivity contribution < 1.29 is 26.0 Å². The van der Waals surface area contributed by atoms with Crippen molar-refractivity contribution in [3.63, 3.8) is 0 Å². The highest BCUT2D eigenvalue weighted by atomic mass is 35.5. The Hall–Kier alpha value is -1.84. The van der Waals surface area contributed by atoms with Crippen LogP contribution in [-0.2, 0) is 16.6 Å². The fourth-order valence-corrected chi connectivity index (χ4v) is 2.72. The Balaban J connectivity index is 2.32. The van der Waals surface area contributed by atoms with E-state index in [1.165, 1.54) is 29.0 Å². The molecule has 0 aromatic heterocycles. The van der Waals surface area contributed by atoms with E-state index in [0.29, 0.717) is 5.56 Å². The summed E-state index contributed by atoms with van der Waals surface area (Å²) in [7, 11) is -5.49. The highest BCUT2D eigenvalue weighted by Gasteiger charge is 2.45. The van der Waals surface area contributed by atoms with E-state index < -0.39 is 27.9 Å². The van der Waals surface area contributed by atoms with Gasteiger partial charge >= 0.3 is 15.5 Å². The van der Waals surface area contributed by atoms with E-state index in [4.69, 9.17) is 11.6 Å². The van der Waals surface area contributed by atoms with Crippen molar-refractivity contribution in [1.82, 2.24) is 4.72 Å². The third kappa shape index (κ3) is 4.62. The molecule has 0 bridgehead atoms. The van der Waals surface area contributed by atoms with Gasteiger partial charge in [-0.15, -0.1) is 0 Å². The summed E-state index contributed by atoms with van der Waals surface area (Å²) in [5.74, 6) is -0.658. The SMILES string of the molecule is Cc1ccc(Nc2c(F)cccc2Cl)c(CNS(=O)(=O)C(F)(F)F)c1. The Labute approximate surface area is 146 Å². The average molecular weight is 397 g/mol. The lowest BCUT2D eigenvalue weighted by Crippen LogP contribution is -2.36. The Kier molecular flexibility index (Phi) is 5.60. The molecule has 2 aromatic carbocycles. The molecule has 0 saturated heterocycles. The number of sulfonamides is 1. The fraction of sp³-hybridized carbons (Fsp3) is 0.200. The smallest absolute Gasteiger partial charge is 0.352 e. The zero-order valence-corrected chi connectivity index (χ0v) is 14.4. The van der Waals surface area contributed by atoms with Gasteiger partial charge in [0.25, 0.3) is 0 Å². The van der Waals surface area contributed by atoms with E-state index in [-0.39, 0.29) is 22.0 Å². The predicted octanol–water partition coefficient (Wildman–Crippen LogP) is 4.47. The van der Waals surface area contributed by atoms with Gasteiger partial charge in [-0.2, -0.15) is 13.2 Å². The summed E-state index contributed by atoms with van der Waals surface area (Å²) in [5.41, 5.74) is -4.37. The summed E-state index contributed by atoms with van der Waals surface area (Å²) >= 11 is 5.91. The van der Waals surface area contributed by atoms with Crippen LogP contribution in [0.2, 0.25) is 5.02 Å². The molecule has 0 radical (unpaired) electrons. The second-order valence-electron chi connectivity index (χ2n) is 5.15. The second-order valence-corrected chi connectivity index (χ2v) is 7.32. The van der Waals surface area contributed by atoms with Gasteiger partial charge in [0.05, 0.1) is 10.7 Å². The van der Waals surface area contributed by atoms with Gasteiger partial charge in [-0.25, -0.2) is 17.5 Å². The van der Waals surface area contributed by atoms with Crippen molar-refractivity contribution >= 4 is 33.0 Å². The highest BCUT2D eigenvalue weighted by Crippen LogP contribution is 2.30. The van der Waals surface area contributed by atoms with Gasteiger partial charge in [-0.1, -0.05) is 35.4 Å². The minimum absolute atomic E-state index is 0.0621. The maximum Gasteiger partial charge on any atom is 0.511 e. The Morgan fingerprint density at radius 3 is 2.44 bits per heavy atom. The molecule has 0 amide bonds. The molecule has 2 rings (SSSR count). The minimum Gasteiger partial charge on any atom is -0.352 e. The number of nitrogens with one attached hydrogen (secondary N) is 2. The average Bonchev–Trinajstić information content (AvgIpc) is 2.49. The van der Waals surface area contributed by atoms with E-state index in [0.717, 1.165) is 6.07 Å². The number of alkyl halides is 3. The molecule has 0 fully saturated rings. The number of rotatable bonds is 5. The lowest BCUT2D eigenvalue weighted by atomic mass is 10.1. The monoisotopic (exact) mass is 396 g/mol. The lowest BCUT2D eigenvalue weighted by Gasteiger charge is -2.16. The quantitative estimate of drug-likeness (QED) is 0.733. The van der Waals surface area contributed by atoms with Crippen LogP contribution in [0.3, 0.4) is 0 Å². The zero-order valence-electron chi connectivity index (χ0n) is 12.8. The second kappa shape index (κ2) is 7.19. The van der Waals surface area contributed by atoms with E-state index >= 15 is 0 Å². The molecule has 25 heavy (non-hydrogen) atoms. The first-order valence-electron chi connectivity index (χ1n) is 6.88. The zero-order chi connectivity index (χ0) is 18.8. The molecule has 2 aromatic rings. The summed E-state index contributed by atoms with van der Waals surface area (Å²) in [6.07, 6.45) is 0. The standard InChI is InChI=1S/C15H13ClF4N2O2S/c1-9-5-6-13(22-14-11(16)3-2-4-12(14)17)10(7-9)8-21-25(23,24)15(18,19)20/h2-7,21-22H,8H2,1H3. The first-order chi connectivity index (χ1) is 11.5. The van der Waals surface area contributed by atoms with Crippen LogP contribution in [0, 0.1) is 12.7 Å². The molecule has 10 heteroatoms. The summed E-state index contributed by atoms with van der Waals surface area (Å²) in [6.45, 7) is 1.06. The van der Waals surface area contributed by atoms with Crippen LogP contribution in [0.4, 0.5) is 28.9 Å². The largest absolute Gasteiger partial charge is 0.511 e. The van der Waals surface area contributed by atoms with Gasteiger partial charge in [0.2, 0.25) is 0 Å². The van der Waals surface area contributed by atoms with Gasteiger partial charge in [0.15, 0.2) is 0 Å². The molecule has 4 nitrogen and oxygen atoms in total. The Morgan fingerprint density at radius 1 is 1.16 bits per heavy atom. The predicted molar refractivity (Wildman–Crippen MR) is 87.7 cm³/mol. The molecule has 0 saturated carbocycles. The van der Waals surface area contributed by atoms with Crippen molar-refractivity contribution in [1.29, 1.82) is 0 Å². The summed E-state index contributed by atoms with van der Waals surface area (Å²) in [5, 5.41) is 2.76. The van der Waals surface area contributed by atoms with Crippen molar-refractivity contribution in [3.8, 4) is 0 Å². The molecule has 0 unspecified atom stereocenters. The lowest BCUT2D eigenvalue weighted by molar-refractivity contribution is -0.0448. The van der Waals surface area contributed by atoms with Gasteiger partial charge in [0.1, 0.15) is 5.82 Å². The van der Waals surface area contributed by atoms with Crippen LogP contribution in [-0.4, -0.2) is 13.9 Å². The van der Waals surface area contributed by atoms with E-state index in [1.54, 1.807) is 13.0 Å². The summed E-state index contributed by atoms with van der Waals surface area (Å²) in [6, 6.07) is 8.61. The minimum atomic E-state index is -5.49. The van der Waals surface area contributed by atoms with Gasteiger partial charge in [-0.05, 0) is 30.7 Å². The van der Waals surface area contributed by atoms with Crippen molar-refractivity contribution in [2.45, 2.75) is 19.0 Å². The van der Waals surface area contributed by atoms with E-state index in [2.05, 4.69) is 5.32 Å². The molecule has 0 spiro atoms. The molecule has 0 aliphatic carbocycles. The number of hydrogen-bond acceptors (Lipinski definition) is 3. The van der Waals surface area contributed by atoms with Crippen molar-refractivity contribution in [2.75, 3.05) is 5.32 Å². The van der Waals surface area contributed by atoms with Crippen LogP contribution < -0.4 is 10.0 Å². The van der Waals surface area contributed by atoms with Gasteiger partial charge in [-0.3, -0.25) is 0 Å². The van der Waals surface area contributed by atoms with Crippen LogP contribution in [0.25, 0.3) is 0 Å². The number of hydrogen-bond donors (Lipinski definition) is 2. The number of aryl methyl sites for hydroxylation is 1. The first kappa shape index (κ1) is 19.5. The normalized spacial score (nSPS) is 12.2. The van der Waals surface area contributed by atoms with Gasteiger partial charge < -0.3 is 5.32 Å². The van der Waals surface area contributed by atoms with Crippen LogP contribution in [0.1, 0.15) is 11.1 Å². The third-order valence-corrected chi connectivity index (χ3v) is 4.69. The number of benzene rings is 2. The van der Waals surface area contributed by atoms with Crippen molar-refractivity contribution in [3.05, 3.63) is 58.4 Å². The summed E-state index contributed by atoms with van der Waals surface area (Å²) in [4.78, 5) is 0. The van der Waals surface area contributed by atoms with E-state index in [9.17, 15) is 26.0 Å². The van der Waals surface area contributed by atoms with Gasteiger partial charge in [0, 0.05) is 12.2 Å². The Morgan fingerprint density at radius 2 is 1.84 bits per heavy atom. The fourth-order valence-electron chi connectivity index (χ4n) is 2.00. The van der Waals surface area contributed by atoms with E-state index in [1.807, 2.05) is 0 Å². The molecular weight excluding hydrogens is 384 g/mol. The van der Waals surface area contributed by atoms with Crippen LogP contribution >= 0.6 is 11.6 Å². The molecular formula is C15H13ClF4N2O2S.